The zero-order valence-electron chi connectivity index (χ0n) is 16.9. The number of aliphatic carboxylic acids is 1. The zero-order chi connectivity index (χ0) is 20.1. The van der Waals surface area contributed by atoms with Gasteiger partial charge in [0.25, 0.3) is 11.7 Å². The summed E-state index contributed by atoms with van der Waals surface area (Å²) in [6.45, 7) is 1.28. The number of hydrogen-bond acceptors (Lipinski definition) is 7. The van der Waals surface area contributed by atoms with E-state index in [0.717, 1.165) is 18.8 Å². The van der Waals surface area contributed by atoms with E-state index in [1.807, 2.05) is 14.1 Å². The van der Waals surface area contributed by atoms with E-state index in [2.05, 4.69) is 15.0 Å². The summed E-state index contributed by atoms with van der Waals surface area (Å²) in [5, 5.41) is 15.0. The number of likely N-dealkylation sites (tertiary alicyclic amines) is 1. The molecule has 1 aromatic heterocycles. The van der Waals surface area contributed by atoms with Crippen LogP contribution in [-0.2, 0) is 4.79 Å². The first-order valence-electron chi connectivity index (χ1n) is 10.4. The van der Waals surface area contributed by atoms with Crippen LogP contribution < -0.4 is 5.11 Å². The van der Waals surface area contributed by atoms with E-state index < -0.39 is 11.9 Å². The van der Waals surface area contributed by atoms with Crippen LogP contribution in [0.15, 0.2) is 4.52 Å². The Morgan fingerprint density at radius 2 is 1.96 bits per heavy atom. The van der Waals surface area contributed by atoms with Crippen LogP contribution in [0, 0.1) is 5.92 Å². The highest BCUT2D eigenvalue weighted by atomic mass is 16.5. The Balaban J connectivity index is 1.55. The molecule has 3 rings (SSSR count). The first-order valence-corrected chi connectivity index (χ1v) is 10.4. The third-order valence-corrected chi connectivity index (χ3v) is 6.16. The van der Waals surface area contributed by atoms with Gasteiger partial charge in [0.15, 0.2) is 0 Å². The molecule has 1 aromatic rings. The van der Waals surface area contributed by atoms with Crippen molar-refractivity contribution in [1.29, 1.82) is 0 Å². The Hall–Kier alpha value is -1.96. The van der Waals surface area contributed by atoms with Crippen LogP contribution in [0.3, 0.4) is 0 Å². The van der Waals surface area contributed by atoms with Crippen LogP contribution >= 0.6 is 0 Å². The van der Waals surface area contributed by atoms with Crippen LogP contribution in [0.5, 0.6) is 0 Å². The molecule has 2 aliphatic rings. The Labute approximate surface area is 166 Å². The van der Waals surface area contributed by atoms with Gasteiger partial charge in [0, 0.05) is 31.0 Å². The average molecular weight is 391 g/mol. The summed E-state index contributed by atoms with van der Waals surface area (Å²) >= 11 is 0. The van der Waals surface area contributed by atoms with E-state index >= 15 is 0 Å². The Morgan fingerprint density at radius 1 is 1.25 bits per heavy atom. The average Bonchev–Trinajstić information content (AvgIpc) is 3.10. The van der Waals surface area contributed by atoms with E-state index in [1.165, 1.54) is 32.1 Å². The fourth-order valence-corrected chi connectivity index (χ4v) is 4.22. The van der Waals surface area contributed by atoms with Crippen molar-refractivity contribution in [3.05, 3.63) is 11.7 Å². The van der Waals surface area contributed by atoms with Gasteiger partial charge in [0.2, 0.25) is 5.89 Å². The number of carbonyl (C=O) groups excluding carboxylic acids is 2. The maximum absolute atomic E-state index is 12.5. The van der Waals surface area contributed by atoms with Gasteiger partial charge in [-0.1, -0.05) is 50.1 Å². The highest BCUT2D eigenvalue weighted by molar-refractivity contribution is 5.91. The molecule has 1 aliphatic heterocycles. The lowest BCUT2D eigenvalue weighted by Crippen LogP contribution is -2.59. The van der Waals surface area contributed by atoms with E-state index in [1.54, 1.807) is 4.90 Å². The van der Waals surface area contributed by atoms with Crippen molar-refractivity contribution >= 4 is 11.9 Å². The van der Waals surface area contributed by atoms with Crippen LogP contribution in [0.25, 0.3) is 0 Å². The molecule has 2 heterocycles. The molecule has 156 valence electrons. The van der Waals surface area contributed by atoms with Crippen molar-refractivity contribution in [3.8, 4) is 0 Å². The van der Waals surface area contributed by atoms with E-state index in [4.69, 9.17) is 4.52 Å². The largest absolute Gasteiger partial charge is 0.550 e. The number of carboxylic acid groups (broad SMARTS) is 1. The Morgan fingerprint density at radius 3 is 2.61 bits per heavy atom. The van der Waals surface area contributed by atoms with E-state index in [9.17, 15) is 14.7 Å². The molecular formula is C20H31N4O4-. The second kappa shape index (κ2) is 9.49. The number of rotatable bonds is 9. The normalized spacial score (nSPS) is 19.6. The molecule has 0 N–H and O–H groups in total. The number of likely N-dealkylation sites (N-methyl/N-ethyl adjacent to an activating group) is 1. The lowest BCUT2D eigenvalue weighted by molar-refractivity contribution is -0.306. The van der Waals surface area contributed by atoms with Gasteiger partial charge in [-0.25, -0.2) is 0 Å². The lowest BCUT2D eigenvalue weighted by Gasteiger charge is -2.42. The monoisotopic (exact) mass is 391 g/mol. The van der Waals surface area contributed by atoms with Crippen LogP contribution in [-0.4, -0.2) is 65.0 Å². The molecule has 1 aliphatic carbocycles. The van der Waals surface area contributed by atoms with Gasteiger partial charge in [0.05, 0.1) is 0 Å². The van der Waals surface area contributed by atoms with E-state index in [0.29, 0.717) is 25.6 Å². The molecular weight excluding hydrogens is 360 g/mol. The molecule has 0 aromatic carbocycles. The summed E-state index contributed by atoms with van der Waals surface area (Å²) in [6, 6.07) is 0.348. The molecule has 8 heteroatoms. The quantitative estimate of drug-likeness (QED) is 0.627. The fourth-order valence-electron chi connectivity index (χ4n) is 4.22. The summed E-state index contributed by atoms with van der Waals surface area (Å²) < 4.78 is 5.27. The van der Waals surface area contributed by atoms with Crippen molar-refractivity contribution in [2.45, 2.75) is 69.7 Å². The summed E-state index contributed by atoms with van der Waals surface area (Å²) in [5.74, 6) is -0.793. The summed E-state index contributed by atoms with van der Waals surface area (Å²) in [7, 11) is 3.97. The number of carbonyl (C=O) groups is 2. The fraction of sp³-hybridized carbons (Fsp3) is 0.800. The molecule has 0 radical (unpaired) electrons. The van der Waals surface area contributed by atoms with Gasteiger partial charge in [-0.2, -0.15) is 4.98 Å². The highest BCUT2D eigenvalue weighted by Gasteiger charge is 2.35. The molecule has 0 bridgehead atoms. The van der Waals surface area contributed by atoms with Crippen molar-refractivity contribution in [3.63, 3.8) is 0 Å². The van der Waals surface area contributed by atoms with Gasteiger partial charge in [-0.15, -0.1) is 0 Å². The Bertz CT molecular complexity index is 663. The maximum Gasteiger partial charge on any atom is 0.295 e. The van der Waals surface area contributed by atoms with Gasteiger partial charge >= 0.3 is 0 Å². The minimum Gasteiger partial charge on any atom is -0.550 e. The first-order chi connectivity index (χ1) is 13.4. The topological polar surface area (TPSA) is 103 Å². The second-order valence-corrected chi connectivity index (χ2v) is 8.49. The SMILES string of the molecule is CN(C)C1CN(C(=O)c2noc([C@H](CCCC3CCCCC3)CC(=O)[O-])n2)C1. The van der Waals surface area contributed by atoms with Gasteiger partial charge in [-0.05, 0) is 32.9 Å². The molecule has 1 atom stereocenters. The minimum absolute atomic E-state index is 0.0165. The smallest absolute Gasteiger partial charge is 0.295 e. The highest BCUT2D eigenvalue weighted by Crippen LogP contribution is 2.31. The van der Waals surface area contributed by atoms with Gasteiger partial charge in [-0.3, -0.25) is 4.79 Å². The molecule has 2 fully saturated rings. The summed E-state index contributed by atoms with van der Waals surface area (Å²) in [6.07, 6.45) is 8.99. The second-order valence-electron chi connectivity index (χ2n) is 8.49. The number of hydrogen-bond donors (Lipinski definition) is 0. The van der Waals surface area contributed by atoms with E-state index in [-0.39, 0.29) is 24.0 Å². The lowest BCUT2D eigenvalue weighted by atomic mass is 9.84. The third kappa shape index (κ3) is 5.31. The van der Waals surface area contributed by atoms with Crippen molar-refractivity contribution in [2.75, 3.05) is 27.2 Å². The maximum atomic E-state index is 12.5. The van der Waals surface area contributed by atoms with Crippen molar-refractivity contribution in [2.24, 2.45) is 5.92 Å². The predicted octanol–water partition coefficient (Wildman–Crippen LogP) is 1.43. The van der Waals surface area contributed by atoms with Crippen LogP contribution in [0.1, 0.15) is 80.2 Å². The number of amides is 1. The molecule has 0 spiro atoms. The number of aromatic nitrogens is 2. The van der Waals surface area contributed by atoms with Crippen molar-refractivity contribution in [1.82, 2.24) is 19.9 Å². The molecule has 1 saturated heterocycles. The Kier molecular flexibility index (Phi) is 7.04. The summed E-state index contributed by atoms with van der Waals surface area (Å²) in [4.78, 5) is 31.6. The first kappa shape index (κ1) is 20.8. The van der Waals surface area contributed by atoms with Crippen LogP contribution in [0.4, 0.5) is 0 Å². The predicted molar refractivity (Wildman–Crippen MR) is 100 cm³/mol. The molecule has 1 saturated carbocycles. The van der Waals surface area contributed by atoms with Crippen LogP contribution in [0.2, 0.25) is 0 Å². The zero-order valence-corrected chi connectivity index (χ0v) is 16.9. The minimum atomic E-state index is -1.13. The van der Waals surface area contributed by atoms with Crippen molar-refractivity contribution < 1.29 is 19.2 Å². The van der Waals surface area contributed by atoms with Gasteiger partial charge in [0.1, 0.15) is 0 Å². The number of carboxylic acids is 1. The molecule has 1 amide bonds. The molecule has 0 unspecified atom stereocenters. The molecule has 28 heavy (non-hydrogen) atoms. The standard InChI is InChI=1S/C20H32N4O4/c1-23(2)16-12-24(13-16)20(27)18-21-19(28-22-18)15(11-17(25)26)10-6-9-14-7-4-3-5-8-14/h14-16H,3-13H2,1-2H3,(H,25,26)/p-1/t15-/m1/s1. The summed E-state index contributed by atoms with van der Waals surface area (Å²) in [5.41, 5.74) is 0. The third-order valence-electron chi connectivity index (χ3n) is 6.16. The molecule has 8 nitrogen and oxygen atoms in total. The number of nitrogens with zero attached hydrogens (tertiary/aromatic N) is 4. The van der Waals surface area contributed by atoms with Gasteiger partial charge < -0.3 is 24.2 Å².